The maximum absolute atomic E-state index is 12.9. The first kappa shape index (κ1) is 21.7. The van der Waals surface area contributed by atoms with Crippen molar-refractivity contribution in [3.05, 3.63) is 120 Å². The highest BCUT2D eigenvalue weighted by atomic mass is 16.5. The Labute approximate surface area is 187 Å². The third kappa shape index (κ3) is 4.85. The van der Waals surface area contributed by atoms with Gasteiger partial charge in [-0.25, -0.2) is 0 Å². The lowest BCUT2D eigenvalue weighted by Crippen LogP contribution is -2.43. The summed E-state index contributed by atoms with van der Waals surface area (Å²) >= 11 is 0. The molecule has 0 bridgehead atoms. The molecule has 0 aliphatic carbocycles. The van der Waals surface area contributed by atoms with E-state index >= 15 is 0 Å². The lowest BCUT2D eigenvalue weighted by molar-refractivity contribution is -0.0706. The largest absolute Gasteiger partial charge is 0.369 e. The Morgan fingerprint density at radius 3 is 1.69 bits per heavy atom. The molecule has 0 saturated heterocycles. The molecule has 2 unspecified atom stereocenters. The molecule has 0 saturated carbocycles. The lowest BCUT2D eigenvalue weighted by Gasteiger charge is -2.28. The molecule has 3 aromatic carbocycles. The Morgan fingerprint density at radius 2 is 1.19 bits per heavy atom. The SMILES string of the molecule is C=CC(OCc1ccccc1)C(CN1C(=O)c2ccccc2C1=O)OCc1ccccc1. The van der Waals surface area contributed by atoms with Crippen LogP contribution in [0.25, 0.3) is 0 Å². The van der Waals surface area contributed by atoms with Gasteiger partial charge in [-0.05, 0) is 23.3 Å². The van der Waals surface area contributed by atoms with Crippen molar-refractivity contribution in [3.63, 3.8) is 0 Å². The van der Waals surface area contributed by atoms with Gasteiger partial charge in [0.25, 0.3) is 11.8 Å². The number of fused-ring (bicyclic) bond motifs is 1. The molecule has 0 aromatic heterocycles. The van der Waals surface area contributed by atoms with Crippen molar-refractivity contribution in [3.8, 4) is 0 Å². The van der Waals surface area contributed by atoms with Crippen molar-refractivity contribution >= 4 is 11.8 Å². The molecule has 2 amide bonds. The molecule has 0 spiro atoms. The van der Waals surface area contributed by atoms with Crippen LogP contribution < -0.4 is 0 Å². The zero-order chi connectivity index (χ0) is 22.3. The Hall–Kier alpha value is -3.54. The van der Waals surface area contributed by atoms with Gasteiger partial charge in [-0.15, -0.1) is 6.58 Å². The van der Waals surface area contributed by atoms with Crippen LogP contribution in [0, 0.1) is 0 Å². The smallest absolute Gasteiger partial charge is 0.261 e. The first-order valence-electron chi connectivity index (χ1n) is 10.6. The molecule has 3 aromatic rings. The number of amides is 2. The van der Waals surface area contributed by atoms with Gasteiger partial charge in [0.05, 0.1) is 30.9 Å². The number of hydrogen-bond acceptors (Lipinski definition) is 4. The fourth-order valence-corrected chi connectivity index (χ4v) is 3.71. The van der Waals surface area contributed by atoms with Crippen molar-refractivity contribution in [2.24, 2.45) is 0 Å². The summed E-state index contributed by atoms with van der Waals surface area (Å²) in [7, 11) is 0. The Kier molecular flexibility index (Phi) is 6.90. The normalized spacial score (nSPS) is 14.8. The molecule has 32 heavy (non-hydrogen) atoms. The van der Waals surface area contributed by atoms with Crippen molar-refractivity contribution in [1.82, 2.24) is 4.90 Å². The number of benzene rings is 3. The van der Waals surface area contributed by atoms with Crippen LogP contribution in [-0.2, 0) is 22.7 Å². The molecular weight excluding hydrogens is 402 g/mol. The highest BCUT2D eigenvalue weighted by Crippen LogP contribution is 2.24. The minimum atomic E-state index is -0.571. The van der Waals surface area contributed by atoms with Crippen LogP contribution in [0.5, 0.6) is 0 Å². The van der Waals surface area contributed by atoms with Crippen LogP contribution >= 0.6 is 0 Å². The molecule has 2 atom stereocenters. The molecule has 0 fully saturated rings. The number of rotatable bonds is 10. The summed E-state index contributed by atoms with van der Waals surface area (Å²) in [5.74, 6) is -0.630. The number of ether oxygens (including phenoxy) is 2. The van der Waals surface area contributed by atoms with Crippen molar-refractivity contribution in [2.75, 3.05) is 6.54 Å². The summed E-state index contributed by atoms with van der Waals surface area (Å²) in [5.41, 5.74) is 2.84. The van der Waals surface area contributed by atoms with Crippen LogP contribution in [0.3, 0.4) is 0 Å². The number of nitrogens with zero attached hydrogens (tertiary/aromatic N) is 1. The average molecular weight is 428 g/mol. The number of carbonyl (C=O) groups excluding carboxylic acids is 2. The predicted octanol–water partition coefficient (Wildman–Crippen LogP) is 4.64. The maximum atomic E-state index is 12.9. The Morgan fingerprint density at radius 1 is 0.719 bits per heavy atom. The third-order valence-electron chi connectivity index (χ3n) is 5.43. The second-order valence-electron chi connectivity index (χ2n) is 7.60. The van der Waals surface area contributed by atoms with E-state index in [-0.39, 0.29) is 18.4 Å². The lowest BCUT2D eigenvalue weighted by atomic mass is 10.1. The minimum absolute atomic E-state index is 0.0741. The van der Waals surface area contributed by atoms with Gasteiger partial charge in [-0.2, -0.15) is 0 Å². The molecule has 1 aliphatic heterocycles. The average Bonchev–Trinajstić information content (AvgIpc) is 3.09. The van der Waals surface area contributed by atoms with E-state index in [1.165, 1.54) is 4.90 Å². The van der Waals surface area contributed by atoms with Gasteiger partial charge in [-0.3, -0.25) is 14.5 Å². The van der Waals surface area contributed by atoms with Crippen LogP contribution in [-0.4, -0.2) is 35.5 Å². The summed E-state index contributed by atoms with van der Waals surface area (Å²) in [6.45, 7) is 4.68. The van der Waals surface area contributed by atoms with Crippen molar-refractivity contribution in [1.29, 1.82) is 0 Å². The Balaban J connectivity index is 1.52. The summed E-state index contributed by atoms with van der Waals surface area (Å²) in [6.07, 6.45) is 0.582. The number of imide groups is 1. The molecule has 0 N–H and O–H groups in total. The summed E-state index contributed by atoms with van der Waals surface area (Å²) < 4.78 is 12.3. The van der Waals surface area contributed by atoms with Gasteiger partial charge < -0.3 is 9.47 Å². The van der Waals surface area contributed by atoms with E-state index in [1.807, 2.05) is 60.7 Å². The van der Waals surface area contributed by atoms with Crippen LogP contribution in [0.1, 0.15) is 31.8 Å². The van der Waals surface area contributed by atoms with E-state index in [4.69, 9.17) is 9.47 Å². The monoisotopic (exact) mass is 427 g/mol. The second-order valence-corrected chi connectivity index (χ2v) is 7.60. The van der Waals surface area contributed by atoms with Crippen molar-refractivity contribution in [2.45, 2.75) is 25.4 Å². The molecule has 1 heterocycles. The van der Waals surface area contributed by atoms with E-state index in [9.17, 15) is 9.59 Å². The van der Waals surface area contributed by atoms with Gasteiger partial charge in [0, 0.05) is 0 Å². The summed E-state index contributed by atoms with van der Waals surface area (Å²) in [6, 6.07) is 26.4. The van der Waals surface area contributed by atoms with Gasteiger partial charge in [0.1, 0.15) is 12.2 Å². The van der Waals surface area contributed by atoms with E-state index in [0.717, 1.165) is 11.1 Å². The van der Waals surface area contributed by atoms with E-state index in [1.54, 1.807) is 30.3 Å². The Bertz CT molecular complexity index is 1050. The molecule has 162 valence electrons. The van der Waals surface area contributed by atoms with E-state index in [2.05, 4.69) is 6.58 Å². The predicted molar refractivity (Wildman–Crippen MR) is 122 cm³/mol. The zero-order valence-electron chi connectivity index (χ0n) is 17.7. The second kappa shape index (κ2) is 10.2. The molecular formula is C27H25NO4. The summed E-state index contributed by atoms with van der Waals surface area (Å²) in [4.78, 5) is 27.0. The first-order chi connectivity index (χ1) is 15.7. The van der Waals surface area contributed by atoms with Gasteiger partial charge in [0.15, 0.2) is 0 Å². The molecule has 5 heteroatoms. The number of carbonyl (C=O) groups is 2. The molecule has 0 radical (unpaired) electrons. The van der Waals surface area contributed by atoms with Crippen LogP contribution in [0.2, 0.25) is 0 Å². The molecule has 1 aliphatic rings. The van der Waals surface area contributed by atoms with Crippen molar-refractivity contribution < 1.29 is 19.1 Å². The molecule has 5 nitrogen and oxygen atoms in total. The highest BCUT2D eigenvalue weighted by molar-refractivity contribution is 6.21. The fourth-order valence-electron chi connectivity index (χ4n) is 3.71. The topological polar surface area (TPSA) is 55.8 Å². The van der Waals surface area contributed by atoms with Gasteiger partial charge >= 0.3 is 0 Å². The standard InChI is InChI=1S/C27H25NO4/c1-2-24(31-18-20-11-5-3-6-12-20)25(32-19-21-13-7-4-8-14-21)17-28-26(29)22-15-9-10-16-23(22)27(28)30/h2-16,24-25H,1,17-19H2. The zero-order valence-corrected chi connectivity index (χ0v) is 17.7. The minimum Gasteiger partial charge on any atom is -0.369 e. The third-order valence-corrected chi connectivity index (χ3v) is 5.43. The highest BCUT2D eigenvalue weighted by Gasteiger charge is 2.38. The quantitative estimate of drug-likeness (QED) is 0.349. The fraction of sp³-hybridized carbons (Fsp3) is 0.185. The van der Waals surface area contributed by atoms with E-state index < -0.39 is 12.2 Å². The van der Waals surface area contributed by atoms with Crippen LogP contribution in [0.15, 0.2) is 97.6 Å². The first-order valence-corrected chi connectivity index (χ1v) is 10.6. The maximum Gasteiger partial charge on any atom is 0.261 e. The van der Waals surface area contributed by atoms with E-state index in [0.29, 0.717) is 24.3 Å². The number of hydrogen-bond donors (Lipinski definition) is 0. The van der Waals surface area contributed by atoms with Crippen LogP contribution in [0.4, 0.5) is 0 Å². The molecule has 4 rings (SSSR count). The summed E-state index contributed by atoms with van der Waals surface area (Å²) in [5, 5.41) is 0. The van der Waals surface area contributed by atoms with Gasteiger partial charge in [0.2, 0.25) is 0 Å². The van der Waals surface area contributed by atoms with Gasteiger partial charge in [-0.1, -0.05) is 78.9 Å².